The van der Waals surface area contributed by atoms with Gasteiger partial charge in [0.2, 0.25) is 5.91 Å². The second-order valence-corrected chi connectivity index (χ2v) is 5.31. The van der Waals surface area contributed by atoms with Crippen molar-refractivity contribution in [2.45, 2.75) is 17.7 Å². The smallest absolute Gasteiger partial charge is 0.221 e. The van der Waals surface area contributed by atoms with Gasteiger partial charge in [0, 0.05) is 24.4 Å². The molecule has 3 nitrogen and oxygen atoms in total. The molecule has 0 aliphatic heterocycles. The van der Waals surface area contributed by atoms with Crippen LogP contribution < -0.4 is 5.32 Å². The molecule has 0 aromatic heterocycles. The Bertz CT molecular complexity index is 380. The van der Waals surface area contributed by atoms with Gasteiger partial charge in [-0.1, -0.05) is 18.2 Å². The van der Waals surface area contributed by atoms with Crippen molar-refractivity contribution in [1.29, 1.82) is 0 Å². The zero-order chi connectivity index (χ0) is 13.4. The van der Waals surface area contributed by atoms with Crippen LogP contribution in [0.2, 0.25) is 0 Å². The number of nitrogens with one attached hydrogen (secondary N) is 1. The van der Waals surface area contributed by atoms with Crippen LogP contribution in [0.3, 0.4) is 0 Å². The van der Waals surface area contributed by atoms with Crippen molar-refractivity contribution in [3.63, 3.8) is 0 Å². The lowest BCUT2D eigenvalue weighted by atomic mass is 10.1. The molecule has 1 aromatic carbocycles. The summed E-state index contributed by atoms with van der Waals surface area (Å²) in [6.45, 7) is 1.51. The van der Waals surface area contributed by atoms with Gasteiger partial charge in [-0.15, -0.1) is 11.8 Å². The lowest BCUT2D eigenvalue weighted by molar-refractivity contribution is -0.121. The summed E-state index contributed by atoms with van der Waals surface area (Å²) in [6, 6.07) is 8.33. The topological polar surface area (TPSA) is 32.3 Å². The van der Waals surface area contributed by atoms with Gasteiger partial charge in [-0.3, -0.25) is 4.79 Å². The number of rotatable bonds is 7. The average molecular weight is 266 g/mol. The lowest BCUT2D eigenvalue weighted by Gasteiger charge is -2.10. The van der Waals surface area contributed by atoms with Gasteiger partial charge in [-0.05, 0) is 38.4 Å². The fourth-order valence-electron chi connectivity index (χ4n) is 1.66. The zero-order valence-corrected chi connectivity index (χ0v) is 12.2. The van der Waals surface area contributed by atoms with E-state index in [4.69, 9.17) is 0 Å². The predicted molar refractivity (Wildman–Crippen MR) is 78.1 cm³/mol. The van der Waals surface area contributed by atoms with Crippen LogP contribution in [0.5, 0.6) is 0 Å². The second-order valence-electron chi connectivity index (χ2n) is 4.47. The lowest BCUT2D eigenvalue weighted by Crippen LogP contribution is -2.28. The highest BCUT2D eigenvalue weighted by Crippen LogP contribution is 2.19. The first kappa shape index (κ1) is 15.1. The minimum absolute atomic E-state index is 0.130. The van der Waals surface area contributed by atoms with E-state index in [0.717, 1.165) is 13.0 Å². The van der Waals surface area contributed by atoms with Crippen molar-refractivity contribution in [2.75, 3.05) is 33.4 Å². The predicted octanol–water partition coefficient (Wildman–Crippen LogP) is 2.02. The average Bonchev–Trinajstić information content (AvgIpc) is 2.37. The number of amides is 1. The van der Waals surface area contributed by atoms with E-state index in [1.165, 1.54) is 10.5 Å². The number of benzene rings is 1. The van der Waals surface area contributed by atoms with E-state index in [1.807, 2.05) is 31.1 Å². The minimum atomic E-state index is 0.130. The number of carbonyl (C=O) groups excluding carboxylic acids is 1. The molecule has 18 heavy (non-hydrogen) atoms. The molecule has 0 bridgehead atoms. The number of hydrogen-bond acceptors (Lipinski definition) is 3. The third-order valence-electron chi connectivity index (χ3n) is 2.70. The molecule has 0 heterocycles. The zero-order valence-electron chi connectivity index (χ0n) is 11.4. The first-order valence-corrected chi connectivity index (χ1v) is 7.39. The van der Waals surface area contributed by atoms with Crippen molar-refractivity contribution >= 4 is 17.7 Å². The number of thioether (sulfide) groups is 1. The summed E-state index contributed by atoms with van der Waals surface area (Å²) in [6.07, 6.45) is 3.54. The molecule has 0 fully saturated rings. The fraction of sp³-hybridized carbons (Fsp3) is 0.500. The first-order valence-electron chi connectivity index (χ1n) is 6.17. The highest BCUT2D eigenvalue weighted by Gasteiger charge is 2.03. The van der Waals surface area contributed by atoms with E-state index in [2.05, 4.69) is 23.7 Å². The van der Waals surface area contributed by atoms with E-state index in [0.29, 0.717) is 13.0 Å². The van der Waals surface area contributed by atoms with Crippen LogP contribution in [0, 0.1) is 0 Å². The van der Waals surface area contributed by atoms with E-state index in [1.54, 1.807) is 11.8 Å². The Kier molecular flexibility index (Phi) is 6.83. The molecule has 1 N–H and O–H groups in total. The van der Waals surface area contributed by atoms with Gasteiger partial charge in [0.15, 0.2) is 0 Å². The quantitative estimate of drug-likeness (QED) is 0.766. The van der Waals surface area contributed by atoms with Crippen molar-refractivity contribution < 1.29 is 4.79 Å². The van der Waals surface area contributed by atoms with Crippen molar-refractivity contribution in [3.05, 3.63) is 29.8 Å². The van der Waals surface area contributed by atoms with E-state index >= 15 is 0 Å². The Morgan fingerprint density at radius 2 is 2.06 bits per heavy atom. The van der Waals surface area contributed by atoms with Gasteiger partial charge in [0.25, 0.3) is 0 Å². The van der Waals surface area contributed by atoms with Gasteiger partial charge >= 0.3 is 0 Å². The maximum absolute atomic E-state index is 11.5. The third-order valence-corrected chi connectivity index (χ3v) is 3.53. The SMILES string of the molecule is CSc1ccccc1CCNC(=O)CCN(C)C. The Morgan fingerprint density at radius 3 is 2.72 bits per heavy atom. The first-order chi connectivity index (χ1) is 8.63. The van der Waals surface area contributed by atoms with Crippen molar-refractivity contribution in [3.8, 4) is 0 Å². The molecule has 0 unspecified atom stereocenters. The highest BCUT2D eigenvalue weighted by molar-refractivity contribution is 7.98. The van der Waals surface area contributed by atoms with Crippen LogP contribution in [0.1, 0.15) is 12.0 Å². The molecule has 1 rings (SSSR count). The van der Waals surface area contributed by atoms with Crippen LogP contribution in [0.15, 0.2) is 29.2 Å². The largest absolute Gasteiger partial charge is 0.356 e. The summed E-state index contributed by atoms with van der Waals surface area (Å²) in [5.41, 5.74) is 1.30. The standard InChI is InChI=1S/C14H22N2OS/c1-16(2)11-9-14(17)15-10-8-12-6-4-5-7-13(12)18-3/h4-7H,8-11H2,1-3H3,(H,15,17). The maximum atomic E-state index is 11.5. The van der Waals surface area contributed by atoms with Gasteiger partial charge < -0.3 is 10.2 Å². The molecule has 0 saturated heterocycles. The molecule has 100 valence electrons. The molecule has 4 heteroatoms. The van der Waals surface area contributed by atoms with Gasteiger partial charge in [-0.25, -0.2) is 0 Å². The highest BCUT2D eigenvalue weighted by atomic mass is 32.2. The van der Waals surface area contributed by atoms with E-state index in [9.17, 15) is 4.79 Å². The Balaban J connectivity index is 2.31. The summed E-state index contributed by atoms with van der Waals surface area (Å²) in [5.74, 6) is 0.130. The third kappa shape index (κ3) is 5.56. The summed E-state index contributed by atoms with van der Waals surface area (Å²) >= 11 is 1.75. The molecule has 0 spiro atoms. The molecule has 0 aliphatic carbocycles. The van der Waals surface area contributed by atoms with Crippen LogP contribution in [-0.4, -0.2) is 44.2 Å². The van der Waals surface area contributed by atoms with Crippen LogP contribution >= 0.6 is 11.8 Å². The Labute approximate surface area is 114 Å². The number of nitrogens with zero attached hydrogens (tertiary/aromatic N) is 1. The van der Waals surface area contributed by atoms with Gasteiger partial charge in [0.1, 0.15) is 0 Å². The summed E-state index contributed by atoms with van der Waals surface area (Å²) in [4.78, 5) is 14.9. The van der Waals surface area contributed by atoms with Crippen molar-refractivity contribution in [1.82, 2.24) is 10.2 Å². The normalized spacial score (nSPS) is 10.7. The molecule has 1 amide bonds. The monoisotopic (exact) mass is 266 g/mol. The van der Waals surface area contributed by atoms with Crippen LogP contribution in [-0.2, 0) is 11.2 Å². The molecule has 0 saturated carbocycles. The molecule has 0 aliphatic rings. The van der Waals surface area contributed by atoms with Gasteiger partial charge in [-0.2, -0.15) is 0 Å². The molecule has 0 radical (unpaired) electrons. The molecule has 0 atom stereocenters. The van der Waals surface area contributed by atoms with Crippen molar-refractivity contribution in [2.24, 2.45) is 0 Å². The molecular formula is C14H22N2OS. The number of hydrogen-bond donors (Lipinski definition) is 1. The Hall–Kier alpha value is -1.00. The second kappa shape index (κ2) is 8.16. The number of carbonyl (C=O) groups is 1. The Morgan fingerprint density at radius 1 is 1.33 bits per heavy atom. The van der Waals surface area contributed by atoms with Crippen LogP contribution in [0.25, 0.3) is 0 Å². The van der Waals surface area contributed by atoms with E-state index in [-0.39, 0.29) is 5.91 Å². The molecule has 1 aromatic rings. The maximum Gasteiger partial charge on any atom is 0.221 e. The summed E-state index contributed by atoms with van der Waals surface area (Å²) in [5, 5.41) is 2.96. The van der Waals surface area contributed by atoms with Gasteiger partial charge in [0.05, 0.1) is 0 Å². The molecular weight excluding hydrogens is 244 g/mol. The van der Waals surface area contributed by atoms with Crippen LogP contribution in [0.4, 0.5) is 0 Å². The fourth-order valence-corrected chi connectivity index (χ4v) is 2.31. The summed E-state index contributed by atoms with van der Waals surface area (Å²) in [7, 11) is 3.95. The summed E-state index contributed by atoms with van der Waals surface area (Å²) < 4.78 is 0. The van der Waals surface area contributed by atoms with E-state index < -0.39 is 0 Å². The minimum Gasteiger partial charge on any atom is -0.356 e.